The third kappa shape index (κ3) is 2.18. The maximum Gasteiger partial charge on any atom is 0.387 e. The van der Waals surface area contributed by atoms with Gasteiger partial charge < -0.3 is 14.6 Å². The highest BCUT2D eigenvalue weighted by molar-refractivity contribution is 5.42. The van der Waals surface area contributed by atoms with Crippen molar-refractivity contribution in [2.24, 2.45) is 0 Å². The molecule has 1 aromatic carbocycles. The maximum atomic E-state index is 11.9. The molecule has 0 bridgehead atoms. The van der Waals surface area contributed by atoms with E-state index in [1.807, 2.05) is 0 Å². The molecule has 1 atom stereocenters. The molecule has 15 heavy (non-hydrogen) atoms. The van der Waals surface area contributed by atoms with E-state index in [9.17, 15) is 13.9 Å². The minimum absolute atomic E-state index is 0.0397. The van der Waals surface area contributed by atoms with Gasteiger partial charge in [-0.2, -0.15) is 8.78 Å². The highest BCUT2D eigenvalue weighted by Crippen LogP contribution is 2.34. The van der Waals surface area contributed by atoms with E-state index >= 15 is 0 Å². The molecule has 5 heteroatoms. The number of alkyl halides is 2. The monoisotopic (exact) mass is 216 g/mol. The third-order valence-corrected chi connectivity index (χ3v) is 2.22. The molecular formula is C10H10F2O3. The minimum Gasteiger partial charge on any atom is -0.493 e. The second-order valence-electron chi connectivity index (χ2n) is 3.23. The van der Waals surface area contributed by atoms with Crippen LogP contribution >= 0.6 is 0 Å². The summed E-state index contributed by atoms with van der Waals surface area (Å²) in [4.78, 5) is 0. The van der Waals surface area contributed by atoms with Crippen LogP contribution in [0.15, 0.2) is 18.2 Å². The fourth-order valence-electron chi connectivity index (χ4n) is 1.53. The second kappa shape index (κ2) is 4.02. The van der Waals surface area contributed by atoms with Crippen LogP contribution in [0.1, 0.15) is 18.1 Å². The zero-order chi connectivity index (χ0) is 10.8. The Labute approximate surface area is 85.2 Å². The van der Waals surface area contributed by atoms with Crippen LogP contribution in [0, 0.1) is 0 Å². The lowest BCUT2D eigenvalue weighted by Gasteiger charge is -2.22. The van der Waals surface area contributed by atoms with Crippen LogP contribution in [0.4, 0.5) is 8.78 Å². The van der Waals surface area contributed by atoms with Gasteiger partial charge in [0, 0.05) is 18.1 Å². The van der Waals surface area contributed by atoms with E-state index in [4.69, 9.17) is 4.74 Å². The first-order valence-electron chi connectivity index (χ1n) is 4.56. The number of ether oxygens (including phenoxy) is 2. The van der Waals surface area contributed by atoms with Crippen molar-refractivity contribution in [2.45, 2.75) is 19.1 Å². The molecule has 0 radical (unpaired) electrons. The SMILES string of the molecule is OC1CCOc2cc(OC(F)F)ccc21. The van der Waals surface area contributed by atoms with E-state index in [0.29, 0.717) is 24.3 Å². The first-order valence-corrected chi connectivity index (χ1v) is 4.56. The van der Waals surface area contributed by atoms with Gasteiger partial charge in [0.1, 0.15) is 11.5 Å². The quantitative estimate of drug-likeness (QED) is 0.822. The number of aliphatic hydroxyl groups is 1. The Morgan fingerprint density at radius 1 is 1.47 bits per heavy atom. The Morgan fingerprint density at radius 2 is 2.27 bits per heavy atom. The van der Waals surface area contributed by atoms with Gasteiger partial charge in [-0.05, 0) is 12.1 Å². The molecule has 0 fully saturated rings. The average molecular weight is 216 g/mol. The number of rotatable bonds is 2. The van der Waals surface area contributed by atoms with Gasteiger partial charge in [-0.25, -0.2) is 0 Å². The molecule has 0 aliphatic carbocycles. The van der Waals surface area contributed by atoms with Crippen molar-refractivity contribution in [3.63, 3.8) is 0 Å². The smallest absolute Gasteiger partial charge is 0.387 e. The van der Waals surface area contributed by atoms with Crippen molar-refractivity contribution >= 4 is 0 Å². The van der Waals surface area contributed by atoms with Gasteiger partial charge >= 0.3 is 6.61 Å². The molecule has 1 aliphatic heterocycles. The summed E-state index contributed by atoms with van der Waals surface area (Å²) in [6.45, 7) is -2.47. The summed E-state index contributed by atoms with van der Waals surface area (Å²) in [7, 11) is 0. The standard InChI is InChI=1S/C10H10F2O3/c11-10(12)15-6-1-2-7-8(13)3-4-14-9(7)5-6/h1-2,5,8,10,13H,3-4H2. The normalized spacial score (nSPS) is 19.6. The van der Waals surface area contributed by atoms with E-state index in [1.54, 1.807) is 0 Å². The summed E-state index contributed by atoms with van der Waals surface area (Å²) in [6.07, 6.45) is -0.0726. The Balaban J connectivity index is 2.25. The molecule has 0 spiro atoms. The topological polar surface area (TPSA) is 38.7 Å². The summed E-state index contributed by atoms with van der Waals surface area (Å²) < 4.78 is 33.3. The maximum absolute atomic E-state index is 11.9. The van der Waals surface area contributed by atoms with Crippen molar-refractivity contribution in [1.29, 1.82) is 0 Å². The number of halogens is 2. The van der Waals surface area contributed by atoms with Crippen LogP contribution in [0.3, 0.4) is 0 Å². The molecule has 1 aromatic rings. The van der Waals surface area contributed by atoms with Crippen molar-refractivity contribution in [1.82, 2.24) is 0 Å². The summed E-state index contributed by atoms with van der Waals surface area (Å²) in [5.74, 6) is 0.449. The molecule has 1 heterocycles. The summed E-state index contributed by atoms with van der Waals surface area (Å²) in [5.41, 5.74) is 0.614. The molecule has 0 saturated heterocycles. The van der Waals surface area contributed by atoms with Gasteiger partial charge in [0.2, 0.25) is 0 Å². The minimum atomic E-state index is -2.85. The van der Waals surface area contributed by atoms with Crippen LogP contribution in [0.5, 0.6) is 11.5 Å². The molecule has 82 valence electrons. The van der Waals surface area contributed by atoms with Crippen molar-refractivity contribution in [3.8, 4) is 11.5 Å². The van der Waals surface area contributed by atoms with E-state index in [0.717, 1.165) is 0 Å². The van der Waals surface area contributed by atoms with Gasteiger partial charge in [-0.1, -0.05) is 0 Å². The first-order chi connectivity index (χ1) is 7.16. The van der Waals surface area contributed by atoms with Crippen molar-refractivity contribution in [3.05, 3.63) is 23.8 Å². The predicted octanol–water partition coefficient (Wildman–Crippen LogP) is 2.10. The van der Waals surface area contributed by atoms with Gasteiger partial charge in [0.25, 0.3) is 0 Å². The first kappa shape index (κ1) is 10.2. The molecule has 1 N–H and O–H groups in total. The van der Waals surface area contributed by atoms with Gasteiger partial charge in [-0.3, -0.25) is 0 Å². The lowest BCUT2D eigenvalue weighted by molar-refractivity contribution is -0.0500. The van der Waals surface area contributed by atoms with Gasteiger partial charge in [0.15, 0.2) is 0 Å². The molecular weight excluding hydrogens is 206 g/mol. The van der Waals surface area contributed by atoms with Crippen molar-refractivity contribution < 1.29 is 23.4 Å². The zero-order valence-corrected chi connectivity index (χ0v) is 7.82. The molecule has 3 nitrogen and oxygen atoms in total. The molecule has 0 saturated carbocycles. The van der Waals surface area contributed by atoms with E-state index < -0.39 is 12.7 Å². The van der Waals surface area contributed by atoms with E-state index in [2.05, 4.69) is 4.74 Å². The largest absolute Gasteiger partial charge is 0.493 e. The molecule has 0 aromatic heterocycles. The third-order valence-electron chi connectivity index (χ3n) is 2.22. The highest BCUT2D eigenvalue weighted by Gasteiger charge is 2.20. The Hall–Kier alpha value is -1.36. The number of hydrogen-bond donors (Lipinski definition) is 1. The Morgan fingerprint density at radius 3 is 3.00 bits per heavy atom. The summed E-state index contributed by atoms with van der Waals surface area (Å²) in [6, 6.07) is 4.30. The Bertz CT molecular complexity index is 355. The number of fused-ring (bicyclic) bond motifs is 1. The van der Waals surface area contributed by atoms with Gasteiger partial charge in [0.05, 0.1) is 12.7 Å². The summed E-state index contributed by atoms with van der Waals surface area (Å²) >= 11 is 0. The van der Waals surface area contributed by atoms with Crippen LogP contribution in [0.25, 0.3) is 0 Å². The van der Waals surface area contributed by atoms with Gasteiger partial charge in [-0.15, -0.1) is 0 Å². The van der Waals surface area contributed by atoms with Crippen LogP contribution in [0.2, 0.25) is 0 Å². The average Bonchev–Trinajstić information content (AvgIpc) is 2.17. The van der Waals surface area contributed by atoms with E-state index in [-0.39, 0.29) is 5.75 Å². The fourth-order valence-corrected chi connectivity index (χ4v) is 1.53. The van der Waals surface area contributed by atoms with E-state index in [1.165, 1.54) is 18.2 Å². The number of benzene rings is 1. The molecule has 2 rings (SSSR count). The molecule has 1 unspecified atom stereocenters. The summed E-state index contributed by atoms with van der Waals surface area (Å²) in [5, 5.41) is 9.57. The highest BCUT2D eigenvalue weighted by atomic mass is 19.3. The zero-order valence-electron chi connectivity index (χ0n) is 7.82. The fraction of sp³-hybridized carbons (Fsp3) is 0.400. The molecule has 1 aliphatic rings. The van der Waals surface area contributed by atoms with Crippen molar-refractivity contribution in [2.75, 3.05) is 6.61 Å². The number of hydrogen-bond acceptors (Lipinski definition) is 3. The predicted molar refractivity (Wildman–Crippen MR) is 48.1 cm³/mol. The lowest BCUT2D eigenvalue weighted by atomic mass is 10.0. The molecule has 0 amide bonds. The van der Waals surface area contributed by atoms with Crippen LogP contribution in [-0.2, 0) is 0 Å². The number of aliphatic hydroxyl groups excluding tert-OH is 1. The second-order valence-corrected chi connectivity index (χ2v) is 3.23. The van der Waals surface area contributed by atoms with Crippen LogP contribution < -0.4 is 9.47 Å². The van der Waals surface area contributed by atoms with Crippen LogP contribution in [-0.4, -0.2) is 18.3 Å². The lowest BCUT2D eigenvalue weighted by Crippen LogP contribution is -2.14. The Kier molecular flexibility index (Phi) is 2.73.